The standard InChI is InChI=1S/C12H14N4O5/c1-7(17)16-9-4-8(2-3-13-9)12(21)15-5-10(18)14-6-11(19)20/h2-4H,5-6H2,1H3,(H,14,18)(H,15,21)(H,19,20)(H,13,16,17). The highest BCUT2D eigenvalue weighted by atomic mass is 16.4. The van der Waals surface area contributed by atoms with Gasteiger partial charge in [0.05, 0.1) is 6.54 Å². The summed E-state index contributed by atoms with van der Waals surface area (Å²) >= 11 is 0. The van der Waals surface area contributed by atoms with Gasteiger partial charge in [0.1, 0.15) is 12.4 Å². The second-order valence-electron chi connectivity index (χ2n) is 3.96. The second kappa shape index (κ2) is 7.58. The molecule has 21 heavy (non-hydrogen) atoms. The summed E-state index contributed by atoms with van der Waals surface area (Å²) in [7, 11) is 0. The van der Waals surface area contributed by atoms with Crippen LogP contribution in [-0.2, 0) is 14.4 Å². The van der Waals surface area contributed by atoms with E-state index in [2.05, 4.69) is 20.9 Å². The number of pyridine rings is 1. The molecule has 1 aromatic rings. The summed E-state index contributed by atoms with van der Waals surface area (Å²) in [5, 5.41) is 15.2. The number of nitrogens with zero attached hydrogens (tertiary/aromatic N) is 1. The number of anilines is 1. The van der Waals surface area contributed by atoms with Crippen LogP contribution in [0.1, 0.15) is 17.3 Å². The summed E-state index contributed by atoms with van der Waals surface area (Å²) in [5.41, 5.74) is 0.208. The SMILES string of the molecule is CC(=O)Nc1cc(C(=O)NCC(=O)NCC(=O)O)ccn1. The van der Waals surface area contributed by atoms with Gasteiger partial charge >= 0.3 is 5.97 Å². The van der Waals surface area contributed by atoms with Gasteiger partial charge in [0.25, 0.3) is 5.91 Å². The molecule has 0 aromatic carbocycles. The Hall–Kier alpha value is -2.97. The number of aliphatic carboxylic acids is 1. The van der Waals surface area contributed by atoms with Crippen molar-refractivity contribution >= 4 is 29.5 Å². The van der Waals surface area contributed by atoms with Gasteiger partial charge < -0.3 is 21.1 Å². The monoisotopic (exact) mass is 294 g/mol. The van der Waals surface area contributed by atoms with Crippen LogP contribution in [0.15, 0.2) is 18.3 Å². The van der Waals surface area contributed by atoms with Crippen LogP contribution in [0.2, 0.25) is 0 Å². The summed E-state index contributed by atoms with van der Waals surface area (Å²) in [6.07, 6.45) is 1.34. The van der Waals surface area contributed by atoms with E-state index >= 15 is 0 Å². The van der Waals surface area contributed by atoms with Gasteiger partial charge in [-0.2, -0.15) is 0 Å². The van der Waals surface area contributed by atoms with Crippen molar-refractivity contribution in [1.29, 1.82) is 0 Å². The molecule has 0 spiro atoms. The Bertz CT molecular complexity index is 573. The molecule has 0 fully saturated rings. The molecule has 112 valence electrons. The molecule has 0 aliphatic carbocycles. The van der Waals surface area contributed by atoms with Crippen molar-refractivity contribution in [2.75, 3.05) is 18.4 Å². The molecule has 0 saturated heterocycles. The van der Waals surface area contributed by atoms with Crippen LogP contribution in [0.4, 0.5) is 5.82 Å². The summed E-state index contributed by atoms with van der Waals surface area (Å²) in [4.78, 5) is 48.0. The van der Waals surface area contributed by atoms with E-state index in [0.717, 1.165) is 0 Å². The molecule has 0 radical (unpaired) electrons. The first-order valence-corrected chi connectivity index (χ1v) is 5.89. The number of rotatable bonds is 6. The maximum atomic E-state index is 11.8. The highest BCUT2D eigenvalue weighted by Crippen LogP contribution is 2.06. The van der Waals surface area contributed by atoms with E-state index in [-0.39, 0.29) is 23.8 Å². The normalized spacial score (nSPS) is 9.57. The van der Waals surface area contributed by atoms with E-state index in [1.165, 1.54) is 25.3 Å². The molecule has 9 nitrogen and oxygen atoms in total. The highest BCUT2D eigenvalue weighted by Gasteiger charge is 2.10. The molecule has 9 heteroatoms. The van der Waals surface area contributed by atoms with Gasteiger partial charge in [-0.25, -0.2) is 4.98 Å². The third-order valence-corrected chi connectivity index (χ3v) is 2.17. The van der Waals surface area contributed by atoms with Gasteiger partial charge in [-0.15, -0.1) is 0 Å². The molecular formula is C12H14N4O5. The van der Waals surface area contributed by atoms with Gasteiger partial charge in [-0.05, 0) is 12.1 Å². The molecule has 0 unspecified atom stereocenters. The molecule has 4 N–H and O–H groups in total. The van der Waals surface area contributed by atoms with Gasteiger partial charge in [-0.1, -0.05) is 0 Å². The number of carbonyl (C=O) groups excluding carboxylic acids is 3. The molecule has 1 rings (SSSR count). The topological polar surface area (TPSA) is 137 Å². The van der Waals surface area contributed by atoms with Crippen LogP contribution in [0.3, 0.4) is 0 Å². The summed E-state index contributed by atoms with van der Waals surface area (Å²) in [6.45, 7) is 0.432. The van der Waals surface area contributed by atoms with Gasteiger partial charge in [0, 0.05) is 18.7 Å². The van der Waals surface area contributed by atoms with E-state index in [1.54, 1.807) is 0 Å². The van der Waals surface area contributed by atoms with Crippen LogP contribution < -0.4 is 16.0 Å². The van der Waals surface area contributed by atoms with Crippen molar-refractivity contribution < 1.29 is 24.3 Å². The third kappa shape index (κ3) is 6.14. The van der Waals surface area contributed by atoms with Crippen molar-refractivity contribution in [3.05, 3.63) is 23.9 Å². The van der Waals surface area contributed by atoms with Crippen molar-refractivity contribution in [1.82, 2.24) is 15.6 Å². The van der Waals surface area contributed by atoms with E-state index < -0.39 is 24.3 Å². The lowest BCUT2D eigenvalue weighted by atomic mass is 10.2. The lowest BCUT2D eigenvalue weighted by molar-refractivity contribution is -0.137. The van der Waals surface area contributed by atoms with Crippen LogP contribution in [0, 0.1) is 0 Å². The molecule has 0 bridgehead atoms. The Morgan fingerprint density at radius 1 is 1.19 bits per heavy atom. The number of hydrogen-bond donors (Lipinski definition) is 4. The molecule has 3 amide bonds. The van der Waals surface area contributed by atoms with Crippen molar-refractivity contribution in [2.24, 2.45) is 0 Å². The minimum absolute atomic E-state index is 0.208. The fraction of sp³-hybridized carbons (Fsp3) is 0.250. The van der Waals surface area contributed by atoms with E-state index in [1.807, 2.05) is 0 Å². The van der Waals surface area contributed by atoms with E-state index in [4.69, 9.17) is 5.11 Å². The van der Waals surface area contributed by atoms with Crippen LogP contribution >= 0.6 is 0 Å². The van der Waals surface area contributed by atoms with Crippen molar-refractivity contribution in [3.8, 4) is 0 Å². The van der Waals surface area contributed by atoms with E-state index in [0.29, 0.717) is 0 Å². The Morgan fingerprint density at radius 2 is 1.90 bits per heavy atom. The van der Waals surface area contributed by atoms with Crippen LogP contribution in [0.25, 0.3) is 0 Å². The number of aromatic nitrogens is 1. The first kappa shape index (κ1) is 16.1. The van der Waals surface area contributed by atoms with Gasteiger partial charge in [0.2, 0.25) is 11.8 Å². The number of amides is 3. The Balaban J connectivity index is 2.53. The predicted molar refractivity (Wildman–Crippen MR) is 71.5 cm³/mol. The maximum Gasteiger partial charge on any atom is 0.322 e. The quantitative estimate of drug-likeness (QED) is 0.529. The summed E-state index contributed by atoms with van der Waals surface area (Å²) < 4.78 is 0. The first-order chi connectivity index (χ1) is 9.88. The molecule has 0 aliphatic heterocycles. The number of hydrogen-bond acceptors (Lipinski definition) is 5. The minimum Gasteiger partial charge on any atom is -0.480 e. The Kier molecular flexibility index (Phi) is 5.80. The maximum absolute atomic E-state index is 11.8. The molecule has 1 heterocycles. The van der Waals surface area contributed by atoms with Crippen LogP contribution in [0.5, 0.6) is 0 Å². The summed E-state index contributed by atoms with van der Waals surface area (Å²) in [6, 6.07) is 2.77. The molecular weight excluding hydrogens is 280 g/mol. The van der Waals surface area contributed by atoms with Gasteiger partial charge in [-0.3, -0.25) is 19.2 Å². The van der Waals surface area contributed by atoms with E-state index in [9.17, 15) is 19.2 Å². The molecule has 0 aliphatic rings. The average Bonchev–Trinajstić information content (AvgIpc) is 2.42. The zero-order valence-corrected chi connectivity index (χ0v) is 11.2. The zero-order valence-electron chi connectivity index (χ0n) is 11.2. The highest BCUT2D eigenvalue weighted by molar-refractivity contribution is 5.98. The fourth-order valence-electron chi connectivity index (χ4n) is 1.32. The number of carboxylic acid groups (broad SMARTS) is 1. The second-order valence-corrected chi connectivity index (χ2v) is 3.96. The average molecular weight is 294 g/mol. The van der Waals surface area contributed by atoms with Crippen molar-refractivity contribution in [2.45, 2.75) is 6.92 Å². The fourth-order valence-corrected chi connectivity index (χ4v) is 1.32. The van der Waals surface area contributed by atoms with Gasteiger partial charge in [0.15, 0.2) is 0 Å². The minimum atomic E-state index is -1.18. The lowest BCUT2D eigenvalue weighted by Gasteiger charge is -2.07. The number of carbonyl (C=O) groups is 4. The largest absolute Gasteiger partial charge is 0.480 e. The third-order valence-electron chi connectivity index (χ3n) is 2.17. The smallest absolute Gasteiger partial charge is 0.322 e. The predicted octanol–water partition coefficient (Wildman–Crippen LogP) is -1.03. The number of nitrogens with one attached hydrogen (secondary N) is 3. The summed E-state index contributed by atoms with van der Waals surface area (Å²) in [5.74, 6) is -2.46. The Labute approximate surface area is 119 Å². The van der Waals surface area contributed by atoms with Crippen LogP contribution in [-0.4, -0.2) is 46.9 Å². The van der Waals surface area contributed by atoms with Crippen molar-refractivity contribution in [3.63, 3.8) is 0 Å². The first-order valence-electron chi connectivity index (χ1n) is 5.89. The number of carboxylic acids is 1. The zero-order chi connectivity index (χ0) is 15.8. The Morgan fingerprint density at radius 3 is 2.52 bits per heavy atom. The lowest BCUT2D eigenvalue weighted by Crippen LogP contribution is -2.39. The molecule has 0 saturated carbocycles. The molecule has 1 aromatic heterocycles. The molecule has 0 atom stereocenters.